The molecule has 3 heteroatoms. The van der Waals surface area contributed by atoms with Crippen molar-refractivity contribution < 1.29 is 9.47 Å². The van der Waals surface area contributed by atoms with E-state index in [1.165, 1.54) is 0 Å². The topological polar surface area (TPSA) is 18.5 Å². The SMILES string of the molecule is [CH2-]OCC1(C)COC1.[Rf]. The second kappa shape index (κ2) is 2.46. The van der Waals surface area contributed by atoms with E-state index < -0.39 is 0 Å². The maximum Gasteiger partial charge on any atom is 0.0563 e. The van der Waals surface area contributed by atoms with Crippen molar-refractivity contribution in [3.05, 3.63) is 7.11 Å². The molecule has 0 N–H and O–H groups in total. The van der Waals surface area contributed by atoms with Crippen LogP contribution in [-0.2, 0) is 9.47 Å². The van der Waals surface area contributed by atoms with Crippen molar-refractivity contribution in [1.29, 1.82) is 0 Å². The monoisotopic (exact) mass is 382 g/mol. The van der Waals surface area contributed by atoms with Crippen molar-refractivity contribution in [2.45, 2.75) is 6.92 Å². The van der Waals surface area contributed by atoms with Gasteiger partial charge in [0.2, 0.25) is 0 Å². The van der Waals surface area contributed by atoms with Gasteiger partial charge in [0, 0.05) is 12.0 Å². The van der Waals surface area contributed by atoms with Gasteiger partial charge in [-0.3, -0.25) is 0 Å². The molecule has 0 radical (unpaired) electrons. The van der Waals surface area contributed by atoms with Crippen LogP contribution >= 0.6 is 0 Å². The Bertz CT molecular complexity index is 81.1. The van der Waals surface area contributed by atoms with E-state index in [1.54, 1.807) is 0 Å². The molecule has 0 aromatic carbocycles. The Morgan fingerprint density at radius 1 is 1.67 bits per heavy atom. The van der Waals surface area contributed by atoms with E-state index in [-0.39, 0.29) is 5.41 Å². The molecule has 0 saturated carbocycles. The molecule has 0 unspecified atom stereocenters. The quantitative estimate of drug-likeness (QED) is 0.659. The van der Waals surface area contributed by atoms with Crippen LogP contribution in [0.15, 0.2) is 0 Å². The Hall–Kier alpha value is -1.08. The Balaban J connectivity index is 0.000000640. The van der Waals surface area contributed by atoms with Gasteiger partial charge in [-0.2, -0.15) is 0 Å². The molecule has 0 aliphatic carbocycles. The molecule has 1 heterocycles. The molecular formula is C6H11O2Rf-. The van der Waals surface area contributed by atoms with Gasteiger partial charge in [0.15, 0.2) is 0 Å². The Morgan fingerprint density at radius 3 is 2.33 bits per heavy atom. The zero-order valence-corrected chi connectivity index (χ0v) is 12.3. The minimum absolute atomic E-state index is 0. The first-order chi connectivity index (χ1) is 3.77. The number of rotatable bonds is 2. The van der Waals surface area contributed by atoms with E-state index in [9.17, 15) is 0 Å². The average Bonchev–Trinajstić information content (AvgIpc) is 1.64. The molecule has 1 fully saturated rings. The molecule has 0 bridgehead atoms. The van der Waals surface area contributed by atoms with Crippen LogP contribution in [0, 0.1) is 12.5 Å². The van der Waals surface area contributed by atoms with Gasteiger partial charge < -0.3 is 9.47 Å². The second-order valence-corrected chi connectivity index (χ2v) is 2.65. The molecule has 1 rings (SSSR count). The first kappa shape index (κ1) is 7.92. The zero-order chi connectivity index (χ0) is 6.04. The van der Waals surface area contributed by atoms with Crippen LogP contribution in [-0.4, -0.2) is 19.8 Å². The van der Waals surface area contributed by atoms with Crippen LogP contribution in [0.25, 0.3) is 0 Å². The van der Waals surface area contributed by atoms with Gasteiger partial charge in [0.1, 0.15) is 0 Å². The third-order valence-electron chi connectivity index (χ3n) is 1.35. The molecule has 0 spiro atoms. The van der Waals surface area contributed by atoms with Crippen LogP contribution in [0.4, 0.5) is 0 Å². The Kier molecular flexibility index (Phi) is 2.17. The first-order valence-corrected chi connectivity index (χ1v) is 2.72. The Morgan fingerprint density at radius 2 is 2.22 bits per heavy atom. The van der Waals surface area contributed by atoms with Crippen LogP contribution < -0.4 is 0 Å². The van der Waals surface area contributed by atoms with Crippen LogP contribution in [0.5, 0.6) is 0 Å². The maximum atomic E-state index is 4.98. The minimum atomic E-state index is 0. The van der Waals surface area contributed by atoms with Crippen molar-refractivity contribution in [3.63, 3.8) is 0 Å². The van der Waals surface area contributed by atoms with Gasteiger partial charge in [-0.1, -0.05) is 6.92 Å². The summed E-state index contributed by atoms with van der Waals surface area (Å²) in [4.78, 5) is 0. The summed E-state index contributed by atoms with van der Waals surface area (Å²) in [6, 6.07) is 0. The molecule has 9 heavy (non-hydrogen) atoms. The van der Waals surface area contributed by atoms with Gasteiger partial charge in [0.05, 0.1) is 13.2 Å². The fourth-order valence-electron chi connectivity index (χ4n) is 0.780. The molecule has 1 aliphatic heterocycles. The number of hydrogen-bond donors (Lipinski definition) is 0. The third-order valence-corrected chi connectivity index (χ3v) is 1.35. The standard InChI is InChI=1S/C6H11O2.Rf/c1-6(3-7-2)4-8-5-6;/h2-5H2,1H3;/q-1;. The van der Waals surface area contributed by atoms with E-state index in [2.05, 4.69) is 14.0 Å². The van der Waals surface area contributed by atoms with Crippen molar-refractivity contribution >= 4 is 0 Å². The second-order valence-electron chi connectivity index (χ2n) is 2.65. The molecule has 0 atom stereocenters. The largest absolute Gasteiger partial charge is 0.554 e. The molecule has 0 aromatic rings. The van der Waals surface area contributed by atoms with Crippen LogP contribution in [0.3, 0.4) is 0 Å². The molecular weight excluding hydrogens is 371 g/mol. The van der Waals surface area contributed by atoms with E-state index >= 15 is 0 Å². The fraction of sp³-hybridized carbons (Fsp3) is 0.833. The minimum Gasteiger partial charge on any atom is -0.554 e. The summed E-state index contributed by atoms with van der Waals surface area (Å²) in [6.07, 6.45) is 0. The predicted octanol–water partition coefficient (Wildman–Crippen LogP) is 0.831. The molecule has 50 valence electrons. The van der Waals surface area contributed by atoms with Crippen molar-refractivity contribution in [3.8, 4) is 0 Å². The first-order valence-electron chi connectivity index (χ1n) is 2.72. The summed E-state index contributed by atoms with van der Waals surface area (Å²) in [7, 11) is 3.30. The third kappa shape index (κ3) is 1.40. The fourth-order valence-corrected chi connectivity index (χ4v) is 0.780. The maximum absolute atomic E-state index is 4.98. The normalized spacial score (nSPS) is 22.0. The van der Waals surface area contributed by atoms with Crippen LogP contribution in [0.1, 0.15) is 6.92 Å². The van der Waals surface area contributed by atoms with E-state index in [4.69, 9.17) is 9.47 Å². The van der Waals surface area contributed by atoms with Crippen molar-refractivity contribution in [1.82, 2.24) is 0 Å². The van der Waals surface area contributed by atoms with Gasteiger partial charge in [-0.05, 0) is 0 Å². The molecule has 2 nitrogen and oxygen atoms in total. The number of ether oxygens (including phenoxy) is 2. The Labute approximate surface area is 49.8 Å². The van der Waals surface area contributed by atoms with E-state index in [1.807, 2.05) is 0 Å². The zero-order valence-electron chi connectivity index (χ0n) is 5.85. The molecule has 1 saturated heterocycles. The van der Waals surface area contributed by atoms with E-state index in [0.29, 0.717) is 6.61 Å². The molecule has 0 amide bonds. The number of hydrogen-bond acceptors (Lipinski definition) is 2. The van der Waals surface area contributed by atoms with Gasteiger partial charge in [-0.25, -0.2) is 7.11 Å². The van der Waals surface area contributed by atoms with Gasteiger partial charge >= 0.3 is 0 Å². The van der Waals surface area contributed by atoms with Crippen molar-refractivity contribution in [2.75, 3.05) is 19.8 Å². The summed E-state index contributed by atoms with van der Waals surface area (Å²) in [6.45, 7) is 4.49. The van der Waals surface area contributed by atoms with Gasteiger partial charge in [-0.15, -0.1) is 0 Å². The summed E-state index contributed by atoms with van der Waals surface area (Å²) in [5, 5.41) is 0. The van der Waals surface area contributed by atoms with Crippen LogP contribution in [0.2, 0.25) is 0 Å². The van der Waals surface area contributed by atoms with E-state index in [0.717, 1.165) is 13.2 Å². The summed E-state index contributed by atoms with van der Waals surface area (Å²) in [5.41, 5.74) is 0.266. The predicted molar refractivity (Wildman–Crippen MR) is 30.2 cm³/mol. The summed E-state index contributed by atoms with van der Waals surface area (Å²) >= 11 is 0. The van der Waals surface area contributed by atoms with Crippen molar-refractivity contribution in [2.24, 2.45) is 5.41 Å². The smallest absolute Gasteiger partial charge is 0.0563 e. The average molecular weight is 382 g/mol. The summed E-state index contributed by atoms with van der Waals surface area (Å²) < 4.78 is 9.70. The molecule has 0 aromatic heterocycles. The summed E-state index contributed by atoms with van der Waals surface area (Å²) in [5.74, 6) is 0. The van der Waals surface area contributed by atoms with Gasteiger partial charge in [0.25, 0.3) is 0 Å². The molecule has 1 aliphatic rings.